The van der Waals surface area contributed by atoms with Crippen LogP contribution < -0.4 is 5.32 Å². The molecule has 7 rings (SSSR count). The van der Waals surface area contributed by atoms with Crippen LogP contribution in [0.2, 0.25) is 0 Å². The monoisotopic (exact) mass is 783 g/mol. The molecule has 290 valence electrons. The van der Waals surface area contributed by atoms with Gasteiger partial charge in [-0.15, -0.1) is 0 Å². The van der Waals surface area contributed by atoms with Gasteiger partial charge in [-0.2, -0.15) is 13.2 Å². The molecule has 2 N–H and O–H groups in total. The number of pyridine rings is 1. The maximum atomic E-state index is 14.3. The van der Waals surface area contributed by atoms with Crippen molar-refractivity contribution in [3.8, 4) is 11.3 Å². The number of nitrogens with zero attached hydrogens (tertiary/aromatic N) is 2. The highest BCUT2D eigenvalue weighted by atomic mass is 32.2. The molecule has 13 heteroatoms. The largest absolute Gasteiger partial charge is 0.490 e. The lowest BCUT2D eigenvalue weighted by Gasteiger charge is -2.32. The fraction of sp³-hybridized carbons (Fsp3) is 0.256. The Morgan fingerprint density at radius 3 is 2.00 bits per heavy atom. The van der Waals surface area contributed by atoms with Gasteiger partial charge in [0.25, 0.3) is 0 Å². The van der Waals surface area contributed by atoms with Crippen molar-refractivity contribution in [2.24, 2.45) is 0 Å². The number of aliphatic carboxylic acids is 1. The van der Waals surface area contributed by atoms with E-state index >= 15 is 0 Å². The Hall–Kier alpha value is -5.66. The van der Waals surface area contributed by atoms with Crippen LogP contribution in [0.3, 0.4) is 0 Å². The molecule has 1 amide bonds. The van der Waals surface area contributed by atoms with Gasteiger partial charge in [-0.25, -0.2) is 13.2 Å². The number of alkyl halides is 3. The van der Waals surface area contributed by atoms with Crippen LogP contribution in [0.25, 0.3) is 11.3 Å². The van der Waals surface area contributed by atoms with Crippen molar-refractivity contribution in [3.05, 3.63) is 154 Å². The second-order valence-electron chi connectivity index (χ2n) is 14.0. The number of ketones is 1. The highest BCUT2D eigenvalue weighted by Crippen LogP contribution is 2.37. The number of aromatic nitrogens is 1. The summed E-state index contributed by atoms with van der Waals surface area (Å²) in [4.78, 5) is 43.0. The lowest BCUT2D eigenvalue weighted by Crippen LogP contribution is -2.42. The van der Waals surface area contributed by atoms with Crippen LogP contribution in [0, 0.1) is 0 Å². The van der Waals surface area contributed by atoms with E-state index in [0.29, 0.717) is 23.5 Å². The van der Waals surface area contributed by atoms with Crippen LogP contribution in [-0.4, -0.2) is 66.1 Å². The topological polar surface area (TPSA) is 134 Å². The molecule has 2 aliphatic rings. The number of nitrogens with one attached hydrogen (secondary N) is 1. The Kier molecular flexibility index (Phi) is 12.2. The van der Waals surface area contributed by atoms with Crippen molar-refractivity contribution >= 4 is 27.5 Å². The van der Waals surface area contributed by atoms with Gasteiger partial charge in [0.1, 0.15) is 0 Å². The van der Waals surface area contributed by atoms with Crippen molar-refractivity contribution in [1.82, 2.24) is 15.2 Å². The van der Waals surface area contributed by atoms with Crippen LogP contribution in [0.1, 0.15) is 56.1 Å². The van der Waals surface area contributed by atoms with Crippen molar-refractivity contribution in [3.63, 3.8) is 0 Å². The van der Waals surface area contributed by atoms with Gasteiger partial charge in [0.05, 0.1) is 16.5 Å². The molecule has 2 aliphatic carbocycles. The van der Waals surface area contributed by atoms with Crippen molar-refractivity contribution in [2.45, 2.75) is 61.8 Å². The van der Waals surface area contributed by atoms with Gasteiger partial charge in [0.2, 0.25) is 5.91 Å². The first-order valence-electron chi connectivity index (χ1n) is 18.0. The fourth-order valence-electron chi connectivity index (χ4n) is 7.07. The molecule has 0 aliphatic heterocycles. The predicted molar refractivity (Wildman–Crippen MR) is 205 cm³/mol. The third-order valence-electron chi connectivity index (χ3n) is 10.0. The molecule has 0 spiro atoms. The normalized spacial score (nSPS) is 15.1. The number of amides is 1. The summed E-state index contributed by atoms with van der Waals surface area (Å²) in [6, 6.07) is 35.4. The van der Waals surface area contributed by atoms with E-state index in [1.54, 1.807) is 12.1 Å². The first kappa shape index (κ1) is 40.0. The number of halogens is 3. The van der Waals surface area contributed by atoms with E-state index < -0.39 is 27.9 Å². The summed E-state index contributed by atoms with van der Waals surface area (Å²) >= 11 is 0. The third-order valence-corrected chi connectivity index (χ3v) is 11.1. The first-order chi connectivity index (χ1) is 26.7. The summed E-state index contributed by atoms with van der Waals surface area (Å²) in [6.45, 7) is 1.92. The maximum Gasteiger partial charge on any atom is 0.490 e. The van der Waals surface area contributed by atoms with Crippen molar-refractivity contribution in [2.75, 3.05) is 12.8 Å². The molecule has 5 aromatic rings. The van der Waals surface area contributed by atoms with E-state index in [1.807, 2.05) is 53.6 Å². The minimum atomic E-state index is -5.08. The molecule has 1 heterocycles. The molecule has 56 heavy (non-hydrogen) atoms. The van der Waals surface area contributed by atoms with Crippen LogP contribution in [0.15, 0.2) is 120 Å². The van der Waals surface area contributed by atoms with Crippen LogP contribution in [0.4, 0.5) is 13.2 Å². The lowest BCUT2D eigenvalue weighted by atomic mass is 9.97. The quantitative estimate of drug-likeness (QED) is 0.137. The summed E-state index contributed by atoms with van der Waals surface area (Å²) in [5.41, 5.74) is 9.17. The molecule has 0 saturated heterocycles. The van der Waals surface area contributed by atoms with Crippen LogP contribution in [0.5, 0.6) is 0 Å². The minimum absolute atomic E-state index is 0.0240. The Morgan fingerprint density at radius 2 is 1.41 bits per heavy atom. The van der Waals surface area contributed by atoms with Crippen LogP contribution >= 0.6 is 0 Å². The average Bonchev–Trinajstić information content (AvgIpc) is 3.76. The van der Waals surface area contributed by atoms with Crippen LogP contribution in [-0.2, 0) is 51.8 Å². The highest BCUT2D eigenvalue weighted by molar-refractivity contribution is 7.90. The number of carboxylic acid groups (broad SMARTS) is 1. The number of hydrogen-bond donors (Lipinski definition) is 2. The zero-order chi connectivity index (χ0) is 40.0. The second kappa shape index (κ2) is 17.0. The fourth-order valence-corrected chi connectivity index (χ4v) is 7.70. The van der Waals surface area contributed by atoms with Gasteiger partial charge in [-0.1, -0.05) is 91.0 Å². The first-order valence-corrected chi connectivity index (χ1v) is 19.9. The third kappa shape index (κ3) is 9.76. The molecule has 0 saturated carbocycles. The summed E-state index contributed by atoms with van der Waals surface area (Å²) in [5, 5.41) is 10.6. The second-order valence-corrected chi connectivity index (χ2v) is 16.0. The predicted octanol–water partition coefficient (Wildman–Crippen LogP) is 6.98. The average molecular weight is 784 g/mol. The standard InChI is InChI=1S/C41H39N3O4S.C2HF3O2/c1-49(47,48)35-17-12-28(13-18-35)20-21-42-25-30-14-19-39(43-26-30)31-15-10-29(11-16-31)27-44(34-22-32-6-2-3-7-33(32)23-34)41(46)38-24-40(45)37-9-5-4-8-36(37)38;3-2(4,5)1(6)7/h2-19,26,34,38,42H,20-25,27H2,1H3;(H,6,7). The Morgan fingerprint density at radius 1 is 0.821 bits per heavy atom. The number of fused-ring (bicyclic) bond motifs is 2. The number of carbonyl (C=O) groups excluding carboxylic acids is 2. The minimum Gasteiger partial charge on any atom is -0.475 e. The highest BCUT2D eigenvalue weighted by Gasteiger charge is 2.40. The van der Waals surface area contributed by atoms with E-state index in [-0.39, 0.29) is 24.2 Å². The Labute approximate surface area is 323 Å². The Bertz CT molecular complexity index is 2290. The summed E-state index contributed by atoms with van der Waals surface area (Å²) in [7, 11) is -3.19. The van der Waals surface area contributed by atoms with E-state index in [2.05, 4.69) is 59.9 Å². The molecule has 9 nitrogen and oxygen atoms in total. The number of carboxylic acids is 1. The summed E-state index contributed by atoms with van der Waals surface area (Å²) in [6.07, 6.45) is 0.665. The van der Waals surface area contributed by atoms with Crippen molar-refractivity contribution in [1.29, 1.82) is 0 Å². The van der Waals surface area contributed by atoms with Gasteiger partial charge in [0.15, 0.2) is 15.6 Å². The smallest absolute Gasteiger partial charge is 0.475 e. The van der Waals surface area contributed by atoms with Gasteiger partial charge in [-0.05, 0) is 77.4 Å². The molecular weight excluding hydrogens is 744 g/mol. The van der Waals surface area contributed by atoms with Gasteiger partial charge >= 0.3 is 12.1 Å². The number of hydrogen-bond acceptors (Lipinski definition) is 7. The van der Waals surface area contributed by atoms with E-state index in [4.69, 9.17) is 14.9 Å². The molecule has 1 unspecified atom stereocenters. The number of sulfone groups is 1. The molecule has 1 atom stereocenters. The summed E-state index contributed by atoms with van der Waals surface area (Å²) < 4.78 is 55.1. The zero-order valence-electron chi connectivity index (χ0n) is 30.5. The van der Waals surface area contributed by atoms with E-state index in [0.717, 1.165) is 59.3 Å². The molecule has 4 aromatic carbocycles. The van der Waals surface area contributed by atoms with Gasteiger partial charge < -0.3 is 15.3 Å². The number of rotatable bonds is 11. The Balaban J connectivity index is 0.000000695. The lowest BCUT2D eigenvalue weighted by molar-refractivity contribution is -0.192. The maximum absolute atomic E-state index is 14.3. The molecule has 0 radical (unpaired) electrons. The molecule has 0 bridgehead atoms. The molecule has 1 aromatic heterocycles. The van der Waals surface area contributed by atoms with E-state index in [9.17, 15) is 31.2 Å². The number of carbonyl (C=O) groups is 3. The molecule has 0 fully saturated rings. The van der Waals surface area contributed by atoms with Gasteiger partial charge in [0, 0.05) is 49.1 Å². The van der Waals surface area contributed by atoms with Gasteiger partial charge in [-0.3, -0.25) is 14.6 Å². The van der Waals surface area contributed by atoms with E-state index in [1.165, 1.54) is 17.4 Å². The van der Waals surface area contributed by atoms with Crippen molar-refractivity contribution < 1.29 is 41.1 Å². The number of Topliss-reactive ketones (excluding diaryl/α,β-unsaturated/α-hetero) is 1. The SMILES string of the molecule is CS(=O)(=O)c1ccc(CCNCc2ccc(-c3ccc(CN(C(=O)C4CC(=O)c5ccccc54)C4Cc5ccccc5C4)cc3)nc2)cc1.O=C(O)C(F)(F)F. The zero-order valence-corrected chi connectivity index (χ0v) is 31.3. The number of benzene rings is 4. The molecular formula is C43H40F3N3O6S. The summed E-state index contributed by atoms with van der Waals surface area (Å²) in [5.74, 6) is -3.14.